The second kappa shape index (κ2) is 4.90. The second-order valence-electron chi connectivity index (χ2n) is 4.21. The normalized spacial score (nSPS) is 11.0. The summed E-state index contributed by atoms with van der Waals surface area (Å²) in [4.78, 5) is 0. The summed E-state index contributed by atoms with van der Waals surface area (Å²) in [5.74, 6) is 0. The molecule has 1 aromatic heterocycles. The van der Waals surface area contributed by atoms with Crippen molar-refractivity contribution in [2.24, 2.45) is 0 Å². The summed E-state index contributed by atoms with van der Waals surface area (Å²) in [6.45, 7) is 0.876. The molecule has 3 aromatic rings. The zero-order valence-electron chi connectivity index (χ0n) is 9.61. The first-order valence-corrected chi connectivity index (χ1v) is 7.31. The molecular weight excluding hydrogens is 354 g/mol. The van der Waals surface area contributed by atoms with Gasteiger partial charge in [-0.2, -0.15) is 0 Å². The molecule has 0 aliphatic heterocycles. The molecule has 0 fully saturated rings. The lowest BCUT2D eigenvalue weighted by molar-refractivity contribution is 0.833. The number of hydrogen-bond acceptors (Lipinski definition) is 0. The van der Waals surface area contributed by atoms with Crippen molar-refractivity contribution in [1.29, 1.82) is 0 Å². The van der Waals surface area contributed by atoms with Crippen LogP contribution in [0.1, 0.15) is 5.56 Å². The molecule has 0 spiro atoms. The molecule has 0 N–H and O–H groups in total. The van der Waals surface area contributed by atoms with Crippen molar-refractivity contribution in [1.82, 2.24) is 4.57 Å². The highest BCUT2D eigenvalue weighted by atomic mass is 79.9. The van der Waals surface area contributed by atoms with E-state index in [0.29, 0.717) is 0 Å². The van der Waals surface area contributed by atoms with E-state index >= 15 is 0 Å². The van der Waals surface area contributed by atoms with Crippen molar-refractivity contribution in [2.75, 3.05) is 0 Å². The minimum absolute atomic E-state index is 0.876. The van der Waals surface area contributed by atoms with Gasteiger partial charge in [-0.3, -0.25) is 0 Å². The Morgan fingerprint density at radius 3 is 2.44 bits per heavy atom. The van der Waals surface area contributed by atoms with Crippen LogP contribution in [-0.4, -0.2) is 4.57 Å². The summed E-state index contributed by atoms with van der Waals surface area (Å²) in [5.41, 5.74) is 2.54. The van der Waals surface area contributed by atoms with Crippen molar-refractivity contribution in [3.8, 4) is 0 Å². The van der Waals surface area contributed by atoms with E-state index < -0.39 is 0 Å². The molecule has 90 valence electrons. The van der Waals surface area contributed by atoms with Gasteiger partial charge in [0.1, 0.15) is 0 Å². The molecule has 2 aromatic carbocycles. The fourth-order valence-electron chi connectivity index (χ4n) is 2.13. The first-order valence-electron chi connectivity index (χ1n) is 5.72. The molecule has 1 heterocycles. The summed E-state index contributed by atoms with van der Waals surface area (Å²) in [5, 5.41) is 1.25. The Balaban J connectivity index is 2.06. The zero-order chi connectivity index (χ0) is 12.5. The summed E-state index contributed by atoms with van der Waals surface area (Å²) >= 11 is 7.19. The summed E-state index contributed by atoms with van der Waals surface area (Å²) < 4.78 is 4.56. The second-order valence-corrected chi connectivity index (χ2v) is 5.92. The molecule has 3 heteroatoms. The van der Waals surface area contributed by atoms with E-state index in [2.05, 4.69) is 85.1 Å². The molecule has 0 atom stereocenters. The number of fused-ring (bicyclic) bond motifs is 1. The van der Waals surface area contributed by atoms with Gasteiger partial charge in [0, 0.05) is 32.6 Å². The smallest absolute Gasteiger partial charge is 0.0494 e. The Morgan fingerprint density at radius 2 is 1.61 bits per heavy atom. The topological polar surface area (TPSA) is 4.93 Å². The van der Waals surface area contributed by atoms with E-state index in [1.165, 1.54) is 16.5 Å². The van der Waals surface area contributed by atoms with Crippen LogP contribution < -0.4 is 0 Å². The molecule has 0 saturated carbocycles. The molecule has 0 aliphatic rings. The molecule has 1 nitrogen and oxygen atoms in total. The molecular formula is C15H11Br2N. The Hall–Kier alpha value is -1.06. The van der Waals surface area contributed by atoms with Crippen molar-refractivity contribution in [3.63, 3.8) is 0 Å². The van der Waals surface area contributed by atoms with Crippen LogP contribution in [0, 0.1) is 0 Å². The Labute approximate surface area is 123 Å². The van der Waals surface area contributed by atoms with Crippen molar-refractivity contribution in [2.45, 2.75) is 6.54 Å². The Kier molecular flexibility index (Phi) is 3.27. The zero-order valence-corrected chi connectivity index (χ0v) is 12.8. The molecule has 0 saturated heterocycles. The number of halogens is 2. The lowest BCUT2D eigenvalue weighted by Gasteiger charge is -2.07. The van der Waals surface area contributed by atoms with Crippen LogP contribution in [-0.2, 0) is 6.54 Å². The van der Waals surface area contributed by atoms with E-state index in [9.17, 15) is 0 Å². The SMILES string of the molecule is Brc1ccccc1Cn1ccc2c(Br)cccc21. The van der Waals surface area contributed by atoms with Crippen molar-refractivity contribution >= 4 is 42.8 Å². The third kappa shape index (κ3) is 2.13. The van der Waals surface area contributed by atoms with Crippen LogP contribution in [0.3, 0.4) is 0 Å². The van der Waals surface area contributed by atoms with E-state index in [1.807, 2.05) is 6.07 Å². The third-order valence-corrected chi connectivity index (χ3v) is 4.52. The average Bonchev–Trinajstić information content (AvgIpc) is 2.77. The number of nitrogens with zero attached hydrogens (tertiary/aromatic N) is 1. The highest BCUT2D eigenvalue weighted by Crippen LogP contribution is 2.26. The van der Waals surface area contributed by atoms with Gasteiger partial charge in [-0.15, -0.1) is 0 Å². The van der Waals surface area contributed by atoms with Gasteiger partial charge in [0.15, 0.2) is 0 Å². The third-order valence-electron chi connectivity index (χ3n) is 3.06. The fraction of sp³-hybridized carbons (Fsp3) is 0.0667. The van der Waals surface area contributed by atoms with E-state index in [1.54, 1.807) is 0 Å². The first-order chi connectivity index (χ1) is 8.75. The molecule has 0 amide bonds. The van der Waals surface area contributed by atoms with Crippen molar-refractivity contribution < 1.29 is 0 Å². The molecule has 0 unspecified atom stereocenters. The van der Waals surface area contributed by atoms with Crippen LogP contribution in [0.15, 0.2) is 63.7 Å². The lowest BCUT2D eigenvalue weighted by atomic mass is 10.2. The first kappa shape index (κ1) is 12.0. The molecule has 0 radical (unpaired) electrons. The highest BCUT2D eigenvalue weighted by molar-refractivity contribution is 9.11. The highest BCUT2D eigenvalue weighted by Gasteiger charge is 2.05. The van der Waals surface area contributed by atoms with E-state index in [4.69, 9.17) is 0 Å². The summed E-state index contributed by atoms with van der Waals surface area (Å²) in [6, 6.07) is 16.8. The Bertz CT molecular complexity index is 701. The van der Waals surface area contributed by atoms with Crippen LogP contribution in [0.4, 0.5) is 0 Å². The molecule has 3 rings (SSSR count). The molecule has 0 aliphatic carbocycles. The van der Waals surface area contributed by atoms with E-state index in [-0.39, 0.29) is 0 Å². The average molecular weight is 365 g/mol. The predicted molar refractivity (Wildman–Crippen MR) is 82.9 cm³/mol. The number of aromatic nitrogens is 1. The lowest BCUT2D eigenvalue weighted by Crippen LogP contribution is -1.98. The predicted octanol–water partition coefficient (Wildman–Crippen LogP) is 5.21. The van der Waals surface area contributed by atoms with Crippen LogP contribution >= 0.6 is 31.9 Å². The van der Waals surface area contributed by atoms with Gasteiger partial charge in [0.2, 0.25) is 0 Å². The van der Waals surface area contributed by atoms with E-state index in [0.717, 1.165) is 15.5 Å². The largest absolute Gasteiger partial charge is 0.343 e. The van der Waals surface area contributed by atoms with Gasteiger partial charge in [0.05, 0.1) is 0 Å². The van der Waals surface area contributed by atoms with Gasteiger partial charge >= 0.3 is 0 Å². The van der Waals surface area contributed by atoms with Gasteiger partial charge in [0.25, 0.3) is 0 Å². The standard InChI is InChI=1S/C15H11Br2N/c16-13-5-2-1-4-11(13)10-18-9-8-12-14(17)6-3-7-15(12)18/h1-9H,10H2. The fourth-order valence-corrected chi connectivity index (χ4v) is 3.03. The monoisotopic (exact) mass is 363 g/mol. The van der Waals surface area contributed by atoms with Gasteiger partial charge in [-0.05, 0) is 29.8 Å². The maximum Gasteiger partial charge on any atom is 0.0494 e. The van der Waals surface area contributed by atoms with Gasteiger partial charge in [-0.25, -0.2) is 0 Å². The van der Waals surface area contributed by atoms with Crippen LogP contribution in [0.2, 0.25) is 0 Å². The molecule has 18 heavy (non-hydrogen) atoms. The number of benzene rings is 2. The quantitative estimate of drug-likeness (QED) is 0.587. The van der Waals surface area contributed by atoms with Gasteiger partial charge in [-0.1, -0.05) is 56.1 Å². The Morgan fingerprint density at radius 1 is 0.833 bits per heavy atom. The maximum atomic E-state index is 3.60. The number of rotatable bonds is 2. The maximum absolute atomic E-state index is 3.60. The van der Waals surface area contributed by atoms with Crippen LogP contribution in [0.5, 0.6) is 0 Å². The number of hydrogen-bond donors (Lipinski definition) is 0. The van der Waals surface area contributed by atoms with Gasteiger partial charge < -0.3 is 4.57 Å². The van der Waals surface area contributed by atoms with Crippen molar-refractivity contribution in [3.05, 3.63) is 69.2 Å². The molecule has 0 bridgehead atoms. The summed E-state index contributed by atoms with van der Waals surface area (Å²) in [7, 11) is 0. The minimum Gasteiger partial charge on any atom is -0.343 e. The van der Waals surface area contributed by atoms with Crippen LogP contribution in [0.25, 0.3) is 10.9 Å². The summed E-state index contributed by atoms with van der Waals surface area (Å²) in [6.07, 6.45) is 2.13. The minimum atomic E-state index is 0.876.